The second kappa shape index (κ2) is 6.89. The lowest BCUT2D eigenvalue weighted by molar-refractivity contribution is 0.320. The highest BCUT2D eigenvalue weighted by atomic mass is 19.1. The molecule has 0 aliphatic rings. The molecule has 0 amide bonds. The molecule has 0 fully saturated rings. The van der Waals surface area contributed by atoms with Crippen LogP contribution in [-0.4, -0.2) is 28.4 Å². The SMILES string of the molecule is COc1ccc(F)c(Oc2cc(OC)c(OC)c(OC)c2)c1. The maximum Gasteiger partial charge on any atom is 0.203 e. The van der Waals surface area contributed by atoms with E-state index in [0.29, 0.717) is 28.7 Å². The number of halogens is 1. The molecular weight excluding hydrogens is 291 g/mol. The van der Waals surface area contributed by atoms with E-state index in [1.165, 1.54) is 46.6 Å². The summed E-state index contributed by atoms with van der Waals surface area (Å²) in [5.74, 6) is 1.64. The van der Waals surface area contributed by atoms with Gasteiger partial charge in [0.15, 0.2) is 23.1 Å². The van der Waals surface area contributed by atoms with Crippen molar-refractivity contribution in [1.29, 1.82) is 0 Å². The lowest BCUT2D eigenvalue weighted by Gasteiger charge is -2.15. The van der Waals surface area contributed by atoms with E-state index in [0.717, 1.165) is 0 Å². The summed E-state index contributed by atoms with van der Waals surface area (Å²) in [6.45, 7) is 0. The van der Waals surface area contributed by atoms with E-state index < -0.39 is 5.82 Å². The Morgan fingerprint density at radius 2 is 1.27 bits per heavy atom. The Balaban J connectivity index is 2.41. The normalized spacial score (nSPS) is 10.0. The maximum absolute atomic E-state index is 13.8. The summed E-state index contributed by atoms with van der Waals surface area (Å²) in [6, 6.07) is 7.41. The molecule has 0 unspecified atom stereocenters. The Morgan fingerprint density at radius 3 is 1.77 bits per heavy atom. The van der Waals surface area contributed by atoms with E-state index in [9.17, 15) is 4.39 Å². The molecule has 118 valence electrons. The van der Waals surface area contributed by atoms with Crippen LogP contribution in [-0.2, 0) is 0 Å². The van der Waals surface area contributed by atoms with Gasteiger partial charge < -0.3 is 23.7 Å². The van der Waals surface area contributed by atoms with Crippen LogP contribution in [0.3, 0.4) is 0 Å². The van der Waals surface area contributed by atoms with Crippen LogP contribution in [0.4, 0.5) is 4.39 Å². The van der Waals surface area contributed by atoms with Crippen molar-refractivity contribution in [2.75, 3.05) is 28.4 Å². The summed E-state index contributed by atoms with van der Waals surface area (Å²) in [6.07, 6.45) is 0. The number of benzene rings is 2. The van der Waals surface area contributed by atoms with Crippen molar-refractivity contribution in [2.45, 2.75) is 0 Å². The van der Waals surface area contributed by atoms with Gasteiger partial charge in [-0.05, 0) is 12.1 Å². The Morgan fingerprint density at radius 1 is 0.682 bits per heavy atom. The Bertz CT molecular complexity index is 632. The highest BCUT2D eigenvalue weighted by molar-refractivity contribution is 5.56. The number of rotatable bonds is 6. The van der Waals surface area contributed by atoms with E-state index >= 15 is 0 Å². The second-order valence-corrected chi connectivity index (χ2v) is 4.26. The van der Waals surface area contributed by atoms with Gasteiger partial charge in [0.2, 0.25) is 5.75 Å². The molecule has 0 spiro atoms. The molecule has 22 heavy (non-hydrogen) atoms. The first-order valence-corrected chi connectivity index (χ1v) is 6.44. The van der Waals surface area contributed by atoms with E-state index in [4.69, 9.17) is 23.7 Å². The van der Waals surface area contributed by atoms with Gasteiger partial charge in [0.1, 0.15) is 11.5 Å². The molecule has 0 saturated heterocycles. The molecule has 0 bridgehead atoms. The molecule has 0 aromatic heterocycles. The van der Waals surface area contributed by atoms with Crippen LogP contribution >= 0.6 is 0 Å². The molecule has 0 saturated carbocycles. The molecule has 2 rings (SSSR count). The third kappa shape index (κ3) is 3.16. The van der Waals surface area contributed by atoms with Crippen LogP contribution in [0.2, 0.25) is 0 Å². The molecule has 0 heterocycles. The fourth-order valence-electron chi connectivity index (χ4n) is 1.93. The summed E-state index contributed by atoms with van der Waals surface area (Å²) < 4.78 is 40.1. The first-order valence-electron chi connectivity index (χ1n) is 6.44. The lowest BCUT2D eigenvalue weighted by atomic mass is 10.2. The van der Waals surface area contributed by atoms with E-state index in [1.54, 1.807) is 12.1 Å². The fraction of sp³-hybridized carbons (Fsp3) is 0.250. The van der Waals surface area contributed by atoms with Gasteiger partial charge in [-0.3, -0.25) is 0 Å². The number of hydrogen-bond donors (Lipinski definition) is 0. The molecule has 0 atom stereocenters. The van der Waals surface area contributed by atoms with Gasteiger partial charge in [-0.15, -0.1) is 0 Å². The van der Waals surface area contributed by atoms with E-state index in [-0.39, 0.29) is 5.75 Å². The van der Waals surface area contributed by atoms with Gasteiger partial charge in [0, 0.05) is 18.2 Å². The standard InChI is InChI=1S/C16H17FO5/c1-18-10-5-6-12(17)13(7-10)22-11-8-14(19-2)16(21-4)15(9-11)20-3/h5-9H,1-4H3. The van der Waals surface area contributed by atoms with Crippen molar-refractivity contribution in [3.05, 3.63) is 36.1 Å². The Labute approximate surface area is 128 Å². The van der Waals surface area contributed by atoms with Crippen LogP contribution in [0.15, 0.2) is 30.3 Å². The van der Waals surface area contributed by atoms with Crippen LogP contribution in [0.5, 0.6) is 34.5 Å². The Hall–Kier alpha value is -2.63. The van der Waals surface area contributed by atoms with Crippen molar-refractivity contribution in [3.8, 4) is 34.5 Å². The second-order valence-electron chi connectivity index (χ2n) is 4.26. The Kier molecular flexibility index (Phi) is 4.93. The molecule has 5 nitrogen and oxygen atoms in total. The fourth-order valence-corrected chi connectivity index (χ4v) is 1.93. The van der Waals surface area contributed by atoms with Crippen molar-refractivity contribution in [3.63, 3.8) is 0 Å². The minimum absolute atomic E-state index is 0.0358. The first-order chi connectivity index (χ1) is 10.6. The zero-order chi connectivity index (χ0) is 16.1. The van der Waals surface area contributed by atoms with E-state index in [2.05, 4.69) is 0 Å². The lowest BCUT2D eigenvalue weighted by Crippen LogP contribution is -1.97. The topological polar surface area (TPSA) is 46.2 Å². The van der Waals surface area contributed by atoms with Crippen molar-refractivity contribution in [2.24, 2.45) is 0 Å². The van der Waals surface area contributed by atoms with Crippen LogP contribution in [0, 0.1) is 5.82 Å². The van der Waals surface area contributed by atoms with Gasteiger partial charge in [-0.1, -0.05) is 0 Å². The van der Waals surface area contributed by atoms with Gasteiger partial charge in [-0.2, -0.15) is 0 Å². The highest BCUT2D eigenvalue weighted by Crippen LogP contribution is 2.42. The van der Waals surface area contributed by atoms with Crippen molar-refractivity contribution >= 4 is 0 Å². The largest absolute Gasteiger partial charge is 0.497 e. The minimum Gasteiger partial charge on any atom is -0.497 e. The number of hydrogen-bond acceptors (Lipinski definition) is 5. The molecular formula is C16H17FO5. The summed E-state index contributed by atoms with van der Waals surface area (Å²) in [5, 5.41) is 0. The van der Waals surface area contributed by atoms with E-state index in [1.807, 2.05) is 0 Å². The van der Waals surface area contributed by atoms with Gasteiger partial charge in [0.25, 0.3) is 0 Å². The molecule has 6 heteroatoms. The van der Waals surface area contributed by atoms with Gasteiger partial charge >= 0.3 is 0 Å². The highest BCUT2D eigenvalue weighted by Gasteiger charge is 2.15. The molecule has 0 aliphatic heterocycles. The third-order valence-corrected chi connectivity index (χ3v) is 3.00. The average molecular weight is 308 g/mol. The smallest absolute Gasteiger partial charge is 0.203 e. The molecule has 2 aromatic carbocycles. The first kappa shape index (κ1) is 15.8. The zero-order valence-corrected chi connectivity index (χ0v) is 12.8. The summed E-state index contributed by atoms with van der Waals surface area (Å²) >= 11 is 0. The van der Waals surface area contributed by atoms with Crippen LogP contribution in [0.25, 0.3) is 0 Å². The molecule has 0 aliphatic carbocycles. The predicted octanol–water partition coefficient (Wildman–Crippen LogP) is 3.65. The molecule has 0 radical (unpaired) electrons. The monoisotopic (exact) mass is 308 g/mol. The summed E-state index contributed by atoms with van der Waals surface area (Å²) in [4.78, 5) is 0. The third-order valence-electron chi connectivity index (χ3n) is 3.00. The quantitative estimate of drug-likeness (QED) is 0.815. The predicted molar refractivity (Wildman–Crippen MR) is 79.1 cm³/mol. The number of methoxy groups -OCH3 is 4. The van der Waals surface area contributed by atoms with Gasteiger partial charge in [0.05, 0.1) is 28.4 Å². The zero-order valence-electron chi connectivity index (χ0n) is 12.8. The van der Waals surface area contributed by atoms with Crippen molar-refractivity contribution < 1.29 is 28.1 Å². The maximum atomic E-state index is 13.8. The molecule has 0 N–H and O–H groups in total. The van der Waals surface area contributed by atoms with Gasteiger partial charge in [-0.25, -0.2) is 4.39 Å². The van der Waals surface area contributed by atoms with Crippen LogP contribution in [0.1, 0.15) is 0 Å². The minimum atomic E-state index is -0.505. The molecule has 2 aromatic rings. The summed E-state index contributed by atoms with van der Waals surface area (Å²) in [7, 11) is 5.99. The van der Waals surface area contributed by atoms with Crippen molar-refractivity contribution in [1.82, 2.24) is 0 Å². The average Bonchev–Trinajstić information content (AvgIpc) is 2.55. The number of ether oxygens (including phenoxy) is 5. The summed E-state index contributed by atoms with van der Waals surface area (Å²) in [5.41, 5.74) is 0. The van der Waals surface area contributed by atoms with Crippen LogP contribution < -0.4 is 23.7 Å².